The number of aliphatic hydroxyl groups is 1. The van der Waals surface area contributed by atoms with Gasteiger partial charge in [-0.3, -0.25) is 0 Å². The molecule has 0 radical (unpaired) electrons. The van der Waals surface area contributed by atoms with Crippen molar-refractivity contribution in [3.63, 3.8) is 0 Å². The van der Waals surface area contributed by atoms with Crippen molar-refractivity contribution in [3.8, 4) is 5.75 Å². The molecule has 0 saturated carbocycles. The van der Waals surface area contributed by atoms with E-state index in [9.17, 15) is 5.11 Å². The summed E-state index contributed by atoms with van der Waals surface area (Å²) < 4.78 is 5.65. The molecule has 2 nitrogen and oxygen atoms in total. The summed E-state index contributed by atoms with van der Waals surface area (Å²) in [4.78, 5) is 0. The predicted molar refractivity (Wildman–Crippen MR) is 64.5 cm³/mol. The number of benzene rings is 1. The van der Waals surface area contributed by atoms with Gasteiger partial charge in [0.2, 0.25) is 0 Å². The number of allylic oxidation sites excluding steroid dienone is 1. The zero-order valence-corrected chi connectivity index (χ0v) is 9.92. The van der Waals surface area contributed by atoms with Gasteiger partial charge >= 0.3 is 0 Å². The molecule has 86 valence electrons. The second-order valence-corrected chi connectivity index (χ2v) is 4.39. The molecule has 0 aromatic heterocycles. The van der Waals surface area contributed by atoms with Gasteiger partial charge in [0.25, 0.3) is 0 Å². The molecule has 1 aliphatic rings. The van der Waals surface area contributed by atoms with Crippen LogP contribution in [0.2, 0.25) is 0 Å². The molecule has 2 heteroatoms. The van der Waals surface area contributed by atoms with Crippen molar-refractivity contribution in [1.82, 2.24) is 0 Å². The molecule has 2 rings (SSSR count). The van der Waals surface area contributed by atoms with Gasteiger partial charge in [-0.1, -0.05) is 13.5 Å². The van der Waals surface area contributed by atoms with E-state index in [1.165, 1.54) is 5.56 Å². The fraction of sp³-hybridized carbons (Fsp3) is 0.429. The summed E-state index contributed by atoms with van der Waals surface area (Å²) in [5.74, 6) is 1.77. The van der Waals surface area contributed by atoms with Crippen LogP contribution in [0, 0.1) is 6.92 Å². The lowest BCUT2D eigenvalue weighted by Crippen LogP contribution is -2.09. The second kappa shape index (κ2) is 4.30. The molecule has 1 aromatic rings. The van der Waals surface area contributed by atoms with Crippen molar-refractivity contribution in [2.24, 2.45) is 0 Å². The van der Waals surface area contributed by atoms with Gasteiger partial charge in [0, 0.05) is 6.42 Å². The van der Waals surface area contributed by atoms with Gasteiger partial charge < -0.3 is 9.84 Å². The molecule has 0 amide bonds. The van der Waals surface area contributed by atoms with Gasteiger partial charge in [0.1, 0.15) is 5.75 Å². The summed E-state index contributed by atoms with van der Waals surface area (Å²) >= 11 is 0. The summed E-state index contributed by atoms with van der Waals surface area (Å²) in [6.07, 6.45) is 2.21. The maximum atomic E-state index is 9.85. The van der Waals surface area contributed by atoms with E-state index < -0.39 is 0 Å². The largest absolute Gasteiger partial charge is 0.462 e. The van der Waals surface area contributed by atoms with Gasteiger partial charge in [0.05, 0.1) is 11.9 Å². The van der Waals surface area contributed by atoms with E-state index in [1.54, 1.807) is 0 Å². The Kier molecular flexibility index (Phi) is 3.01. The Labute approximate surface area is 96.6 Å². The minimum absolute atomic E-state index is 0.367. The third-order valence-electron chi connectivity index (χ3n) is 3.06. The normalized spacial score (nSPS) is 16.6. The first-order chi connectivity index (χ1) is 7.61. The fourth-order valence-electron chi connectivity index (χ4n) is 2.11. The molecule has 16 heavy (non-hydrogen) atoms. The molecule has 1 N–H and O–H groups in total. The Morgan fingerprint density at radius 3 is 2.88 bits per heavy atom. The topological polar surface area (TPSA) is 29.5 Å². The van der Waals surface area contributed by atoms with Crippen LogP contribution in [-0.2, 0) is 6.42 Å². The minimum Gasteiger partial charge on any atom is -0.462 e. The first-order valence-electron chi connectivity index (χ1n) is 5.79. The summed E-state index contributed by atoms with van der Waals surface area (Å²) in [6, 6.07) is 4.06. The van der Waals surface area contributed by atoms with Crippen molar-refractivity contribution >= 4 is 0 Å². The highest BCUT2D eigenvalue weighted by molar-refractivity contribution is 5.47. The van der Waals surface area contributed by atoms with Crippen LogP contribution in [0.15, 0.2) is 24.5 Å². The van der Waals surface area contributed by atoms with E-state index in [2.05, 4.69) is 12.6 Å². The first-order valence-corrected chi connectivity index (χ1v) is 5.79. The fourth-order valence-corrected chi connectivity index (χ4v) is 2.11. The summed E-state index contributed by atoms with van der Waals surface area (Å²) in [7, 11) is 0. The van der Waals surface area contributed by atoms with Crippen molar-refractivity contribution < 1.29 is 9.84 Å². The Bertz CT molecular complexity index is 421. The number of hydrogen-bond acceptors (Lipinski definition) is 2. The number of fused-ring (bicyclic) bond motifs is 1. The SMILES string of the molecule is C=C1CCc2cc(C(O)CC)cc(C)c2O1. The summed E-state index contributed by atoms with van der Waals surface area (Å²) in [6.45, 7) is 7.86. The average Bonchev–Trinajstić information content (AvgIpc) is 2.28. The van der Waals surface area contributed by atoms with Crippen LogP contribution < -0.4 is 4.74 Å². The molecule has 0 spiro atoms. The highest BCUT2D eigenvalue weighted by atomic mass is 16.5. The number of aryl methyl sites for hydroxylation is 2. The van der Waals surface area contributed by atoms with E-state index >= 15 is 0 Å². The van der Waals surface area contributed by atoms with Crippen LogP contribution in [0.5, 0.6) is 5.75 Å². The van der Waals surface area contributed by atoms with E-state index in [0.29, 0.717) is 0 Å². The molecular weight excluding hydrogens is 200 g/mol. The van der Waals surface area contributed by atoms with E-state index in [0.717, 1.165) is 41.9 Å². The van der Waals surface area contributed by atoms with Crippen LogP contribution in [0.25, 0.3) is 0 Å². The molecule has 1 heterocycles. The number of ether oxygens (including phenoxy) is 1. The minimum atomic E-state index is -0.367. The van der Waals surface area contributed by atoms with Crippen molar-refractivity contribution in [3.05, 3.63) is 41.2 Å². The van der Waals surface area contributed by atoms with Crippen molar-refractivity contribution in [2.45, 2.75) is 39.2 Å². The van der Waals surface area contributed by atoms with Gasteiger partial charge in [-0.25, -0.2) is 0 Å². The van der Waals surface area contributed by atoms with Crippen LogP contribution in [-0.4, -0.2) is 5.11 Å². The third kappa shape index (κ3) is 1.98. The lowest BCUT2D eigenvalue weighted by atomic mass is 9.96. The lowest BCUT2D eigenvalue weighted by Gasteiger charge is -2.22. The molecule has 1 aromatic carbocycles. The number of hydrogen-bond donors (Lipinski definition) is 1. The molecular formula is C14H18O2. The molecule has 1 unspecified atom stereocenters. The van der Waals surface area contributed by atoms with E-state index in [1.807, 2.05) is 19.9 Å². The lowest BCUT2D eigenvalue weighted by molar-refractivity contribution is 0.173. The Hall–Kier alpha value is -1.28. The van der Waals surface area contributed by atoms with Gasteiger partial charge in [-0.05, 0) is 48.6 Å². The molecule has 0 aliphatic carbocycles. The highest BCUT2D eigenvalue weighted by Crippen LogP contribution is 2.34. The first kappa shape index (κ1) is 11.2. The Morgan fingerprint density at radius 2 is 2.19 bits per heavy atom. The Balaban J connectivity index is 2.42. The monoisotopic (exact) mass is 218 g/mol. The van der Waals surface area contributed by atoms with E-state index in [-0.39, 0.29) is 6.10 Å². The average molecular weight is 218 g/mol. The molecule has 0 bridgehead atoms. The summed E-state index contributed by atoms with van der Waals surface area (Å²) in [5.41, 5.74) is 3.27. The quantitative estimate of drug-likeness (QED) is 0.825. The van der Waals surface area contributed by atoms with Crippen LogP contribution >= 0.6 is 0 Å². The molecule has 0 saturated heterocycles. The van der Waals surface area contributed by atoms with Crippen LogP contribution in [0.3, 0.4) is 0 Å². The predicted octanol–water partition coefficient (Wildman–Crippen LogP) is 3.28. The smallest absolute Gasteiger partial charge is 0.133 e. The molecule has 0 fully saturated rings. The second-order valence-electron chi connectivity index (χ2n) is 4.39. The third-order valence-corrected chi connectivity index (χ3v) is 3.06. The number of aliphatic hydroxyl groups excluding tert-OH is 1. The Morgan fingerprint density at radius 1 is 1.44 bits per heavy atom. The van der Waals surface area contributed by atoms with Crippen LogP contribution in [0.1, 0.15) is 42.6 Å². The van der Waals surface area contributed by atoms with Gasteiger partial charge in [-0.2, -0.15) is 0 Å². The maximum Gasteiger partial charge on any atom is 0.133 e. The zero-order valence-electron chi connectivity index (χ0n) is 9.92. The van der Waals surface area contributed by atoms with E-state index in [4.69, 9.17) is 4.74 Å². The van der Waals surface area contributed by atoms with Gasteiger partial charge in [-0.15, -0.1) is 0 Å². The zero-order chi connectivity index (χ0) is 11.7. The van der Waals surface area contributed by atoms with Gasteiger partial charge in [0.15, 0.2) is 0 Å². The standard InChI is InChI=1S/C14H18O2/c1-4-13(15)12-7-9(2)14-11(8-12)6-5-10(3)16-14/h7-8,13,15H,3-6H2,1-2H3. The van der Waals surface area contributed by atoms with Crippen molar-refractivity contribution in [1.29, 1.82) is 0 Å². The van der Waals surface area contributed by atoms with Crippen molar-refractivity contribution in [2.75, 3.05) is 0 Å². The molecule has 1 atom stereocenters. The van der Waals surface area contributed by atoms with Crippen LogP contribution in [0.4, 0.5) is 0 Å². The molecule has 1 aliphatic heterocycles. The maximum absolute atomic E-state index is 9.85. The number of rotatable bonds is 2. The summed E-state index contributed by atoms with van der Waals surface area (Å²) in [5, 5.41) is 9.85. The highest BCUT2D eigenvalue weighted by Gasteiger charge is 2.18.